The number of hydrogen-bond acceptors (Lipinski definition) is 5. The Labute approximate surface area is 105 Å². The van der Waals surface area contributed by atoms with Gasteiger partial charge in [0.1, 0.15) is 14.7 Å². The maximum atomic E-state index is 12.0. The zero-order valence-electron chi connectivity index (χ0n) is 9.95. The number of rotatable bonds is 5. The highest BCUT2D eigenvalue weighted by Gasteiger charge is 2.24. The SMILES string of the molecule is CN(CCS(C)(=O)=O)S(=O)(=O)c1c[nH]ccc1=O. The van der Waals surface area contributed by atoms with Crippen molar-refractivity contribution in [2.45, 2.75) is 4.90 Å². The smallest absolute Gasteiger partial charge is 0.248 e. The largest absolute Gasteiger partial charge is 0.366 e. The molecule has 0 aromatic carbocycles. The van der Waals surface area contributed by atoms with Crippen LogP contribution >= 0.6 is 0 Å². The molecule has 102 valence electrons. The Kier molecular flexibility index (Phi) is 4.30. The summed E-state index contributed by atoms with van der Waals surface area (Å²) < 4.78 is 46.8. The van der Waals surface area contributed by atoms with E-state index >= 15 is 0 Å². The fourth-order valence-corrected chi connectivity index (χ4v) is 3.11. The summed E-state index contributed by atoms with van der Waals surface area (Å²) in [6, 6.07) is 1.09. The van der Waals surface area contributed by atoms with Crippen molar-refractivity contribution >= 4 is 19.9 Å². The first-order chi connectivity index (χ1) is 8.14. The Morgan fingerprint density at radius 2 is 1.89 bits per heavy atom. The van der Waals surface area contributed by atoms with E-state index < -0.39 is 30.2 Å². The van der Waals surface area contributed by atoms with Gasteiger partial charge < -0.3 is 4.98 Å². The molecule has 0 bridgehead atoms. The first-order valence-corrected chi connectivity index (χ1v) is 8.46. The minimum absolute atomic E-state index is 0.199. The lowest BCUT2D eigenvalue weighted by Gasteiger charge is -2.15. The van der Waals surface area contributed by atoms with E-state index in [1.54, 1.807) is 0 Å². The summed E-state index contributed by atoms with van der Waals surface area (Å²) in [5, 5.41) is 0. The first kappa shape index (κ1) is 14.9. The van der Waals surface area contributed by atoms with E-state index in [9.17, 15) is 21.6 Å². The molecule has 18 heavy (non-hydrogen) atoms. The third-order valence-corrected chi connectivity index (χ3v) is 5.06. The molecule has 0 aliphatic heterocycles. The number of nitrogens with one attached hydrogen (secondary N) is 1. The van der Waals surface area contributed by atoms with Gasteiger partial charge in [0.25, 0.3) is 0 Å². The van der Waals surface area contributed by atoms with E-state index in [0.29, 0.717) is 0 Å². The maximum absolute atomic E-state index is 12.0. The van der Waals surface area contributed by atoms with Crippen molar-refractivity contribution in [2.75, 3.05) is 25.6 Å². The topological polar surface area (TPSA) is 104 Å². The van der Waals surface area contributed by atoms with E-state index in [4.69, 9.17) is 0 Å². The second-order valence-electron chi connectivity index (χ2n) is 3.83. The molecule has 0 unspecified atom stereocenters. The molecule has 1 aromatic rings. The summed E-state index contributed by atoms with van der Waals surface area (Å²) in [5.74, 6) is -0.298. The van der Waals surface area contributed by atoms with Gasteiger partial charge in [-0.05, 0) is 0 Å². The average Bonchev–Trinajstić information content (AvgIpc) is 2.25. The monoisotopic (exact) mass is 294 g/mol. The number of hydrogen-bond donors (Lipinski definition) is 1. The van der Waals surface area contributed by atoms with Gasteiger partial charge in [0.15, 0.2) is 0 Å². The molecule has 0 fully saturated rings. The summed E-state index contributed by atoms with van der Waals surface area (Å²) in [6.07, 6.45) is 3.41. The molecule has 0 radical (unpaired) electrons. The molecule has 7 nitrogen and oxygen atoms in total. The molecule has 1 aromatic heterocycles. The number of H-pyrrole nitrogens is 1. The normalized spacial score (nSPS) is 12.8. The van der Waals surface area contributed by atoms with E-state index in [2.05, 4.69) is 4.98 Å². The van der Waals surface area contributed by atoms with Crippen LogP contribution in [0.4, 0.5) is 0 Å². The van der Waals surface area contributed by atoms with Crippen LogP contribution in [0.1, 0.15) is 0 Å². The van der Waals surface area contributed by atoms with Crippen LogP contribution in [0.25, 0.3) is 0 Å². The number of sulfonamides is 1. The standard InChI is InChI=1S/C9H14N2O5S2/c1-11(5-6-17(2,13)14)18(15,16)9-7-10-4-3-8(9)12/h3-4,7H,5-6H2,1-2H3,(H,10,12). The summed E-state index contributed by atoms with van der Waals surface area (Å²) in [5.41, 5.74) is -0.639. The quantitative estimate of drug-likeness (QED) is 0.753. The van der Waals surface area contributed by atoms with Crippen molar-refractivity contribution in [3.05, 3.63) is 28.7 Å². The Morgan fingerprint density at radius 3 is 2.39 bits per heavy atom. The molecule has 0 atom stereocenters. The molecule has 0 amide bonds. The average molecular weight is 294 g/mol. The van der Waals surface area contributed by atoms with Gasteiger partial charge in [-0.15, -0.1) is 0 Å². The molecule has 9 heteroatoms. The summed E-state index contributed by atoms with van der Waals surface area (Å²) >= 11 is 0. The maximum Gasteiger partial charge on any atom is 0.248 e. The molecule has 1 N–H and O–H groups in total. The lowest BCUT2D eigenvalue weighted by Crippen LogP contribution is -2.34. The van der Waals surface area contributed by atoms with Gasteiger partial charge in [0, 0.05) is 38.3 Å². The zero-order valence-corrected chi connectivity index (χ0v) is 11.6. The van der Waals surface area contributed by atoms with Crippen molar-refractivity contribution < 1.29 is 16.8 Å². The second-order valence-corrected chi connectivity index (χ2v) is 8.10. The molecule has 1 rings (SSSR count). The van der Waals surface area contributed by atoms with Crippen molar-refractivity contribution in [3.63, 3.8) is 0 Å². The molecule has 0 spiro atoms. The van der Waals surface area contributed by atoms with Crippen LogP contribution in [0, 0.1) is 0 Å². The predicted molar refractivity (Wildman–Crippen MR) is 66.6 cm³/mol. The fourth-order valence-electron chi connectivity index (χ4n) is 1.18. The lowest BCUT2D eigenvalue weighted by atomic mass is 10.5. The van der Waals surface area contributed by atoms with Crippen molar-refractivity contribution in [1.29, 1.82) is 0 Å². The molecule has 0 aliphatic carbocycles. The number of pyridine rings is 1. The Balaban J connectivity index is 3.02. The van der Waals surface area contributed by atoms with Crippen LogP contribution in [0.3, 0.4) is 0 Å². The van der Waals surface area contributed by atoms with Gasteiger partial charge in [0.05, 0.1) is 5.75 Å². The third-order valence-electron chi connectivity index (χ3n) is 2.25. The summed E-state index contributed by atoms with van der Waals surface area (Å²) in [4.78, 5) is 13.5. The second kappa shape index (κ2) is 5.21. The first-order valence-electron chi connectivity index (χ1n) is 4.96. The molecular weight excluding hydrogens is 280 g/mol. The fraction of sp³-hybridized carbons (Fsp3) is 0.444. The summed E-state index contributed by atoms with van der Waals surface area (Å²) in [6.45, 7) is -0.199. The van der Waals surface area contributed by atoms with Gasteiger partial charge in [-0.3, -0.25) is 4.79 Å². The minimum Gasteiger partial charge on any atom is -0.366 e. The summed E-state index contributed by atoms with van der Waals surface area (Å²) in [7, 11) is -6.00. The van der Waals surface area contributed by atoms with Gasteiger partial charge in [0.2, 0.25) is 15.5 Å². The third kappa shape index (κ3) is 3.65. The van der Waals surface area contributed by atoms with Crippen LogP contribution in [0.5, 0.6) is 0 Å². The van der Waals surface area contributed by atoms with Gasteiger partial charge in [-0.2, -0.15) is 4.31 Å². The molecule has 0 saturated heterocycles. The van der Waals surface area contributed by atoms with Crippen molar-refractivity contribution in [3.8, 4) is 0 Å². The molecule has 1 heterocycles. The van der Waals surface area contributed by atoms with Crippen molar-refractivity contribution in [1.82, 2.24) is 9.29 Å². The number of sulfone groups is 1. The minimum atomic E-state index is -3.97. The van der Waals surface area contributed by atoms with Gasteiger partial charge >= 0.3 is 0 Å². The lowest BCUT2D eigenvalue weighted by molar-refractivity contribution is 0.484. The Morgan fingerprint density at radius 1 is 1.28 bits per heavy atom. The van der Waals surface area contributed by atoms with Gasteiger partial charge in [-0.25, -0.2) is 16.8 Å². The molecule has 0 aliphatic rings. The Bertz CT molecular complexity index is 675. The van der Waals surface area contributed by atoms with E-state index in [1.807, 2.05) is 0 Å². The number of nitrogens with zero attached hydrogens (tertiary/aromatic N) is 1. The van der Waals surface area contributed by atoms with Crippen LogP contribution < -0.4 is 5.43 Å². The van der Waals surface area contributed by atoms with Crippen LogP contribution in [0.2, 0.25) is 0 Å². The number of aromatic amines is 1. The molecule has 0 saturated carbocycles. The van der Waals surface area contributed by atoms with Crippen molar-refractivity contribution in [2.24, 2.45) is 0 Å². The highest BCUT2D eigenvalue weighted by atomic mass is 32.2. The molecular formula is C9H14N2O5S2. The highest BCUT2D eigenvalue weighted by Crippen LogP contribution is 2.08. The van der Waals surface area contributed by atoms with Crippen LogP contribution in [-0.2, 0) is 19.9 Å². The van der Waals surface area contributed by atoms with E-state index in [-0.39, 0.29) is 12.3 Å². The van der Waals surface area contributed by atoms with Crippen LogP contribution in [0.15, 0.2) is 28.2 Å². The van der Waals surface area contributed by atoms with Gasteiger partial charge in [-0.1, -0.05) is 0 Å². The Hall–Kier alpha value is -1.19. The van der Waals surface area contributed by atoms with E-state index in [0.717, 1.165) is 22.8 Å². The van der Waals surface area contributed by atoms with E-state index in [1.165, 1.54) is 13.2 Å². The number of aromatic nitrogens is 1. The van der Waals surface area contributed by atoms with Crippen LogP contribution in [-0.4, -0.2) is 51.7 Å². The zero-order chi connectivity index (χ0) is 14.0. The highest BCUT2D eigenvalue weighted by molar-refractivity contribution is 7.91. The predicted octanol–water partition coefficient (Wildman–Crippen LogP) is -0.960.